The number of nitrogens with two attached hydrogens (primary N) is 1. The number of rotatable bonds is 1. The second-order valence-corrected chi connectivity index (χ2v) is 4.36. The number of fused-ring (bicyclic) bond motifs is 1. The number of Topliss-reactive ketones (excluding diaryl/α,β-unsaturated/α-hetero) is 1. The first-order valence-electron chi connectivity index (χ1n) is 5.59. The normalized spacial score (nSPS) is 20.1. The second kappa shape index (κ2) is 4.61. The van der Waals surface area contributed by atoms with Crippen LogP contribution in [0, 0.1) is 0 Å². The van der Waals surface area contributed by atoms with Gasteiger partial charge in [0.2, 0.25) is 0 Å². The quantitative estimate of drug-likeness (QED) is 0.755. The molecule has 1 aromatic carbocycles. The van der Waals surface area contributed by atoms with Crippen molar-refractivity contribution in [1.82, 2.24) is 5.32 Å². The number of halogens is 3. The molecule has 2 rings (SSSR count). The molecule has 0 fully saturated rings. The van der Waals surface area contributed by atoms with Gasteiger partial charge in [-0.1, -0.05) is 6.07 Å². The van der Waals surface area contributed by atoms with E-state index in [1.807, 2.05) is 0 Å². The molecule has 1 aliphatic heterocycles. The van der Waals surface area contributed by atoms with E-state index in [2.05, 4.69) is 5.32 Å². The largest absolute Gasteiger partial charge is 0.451 e. The van der Waals surface area contributed by atoms with E-state index in [-0.39, 0.29) is 13.0 Å². The maximum atomic E-state index is 12.3. The molecule has 1 aromatic rings. The lowest BCUT2D eigenvalue weighted by Crippen LogP contribution is -2.43. The van der Waals surface area contributed by atoms with E-state index in [1.165, 1.54) is 0 Å². The van der Waals surface area contributed by atoms with Gasteiger partial charge in [-0.15, -0.1) is 0 Å². The third-order valence-electron chi connectivity index (χ3n) is 3.07. The summed E-state index contributed by atoms with van der Waals surface area (Å²) in [5.41, 5.74) is 8.00. The van der Waals surface area contributed by atoms with Gasteiger partial charge in [-0.2, -0.15) is 13.2 Å². The number of hydrogen-bond acceptors (Lipinski definition) is 3. The molecular formula is C12H13F3N2O. The SMILES string of the molecule is Nc1ccc2c(c1)CCC(C(=O)C(F)(F)F)NC2. The molecule has 0 radical (unpaired) electrons. The molecular weight excluding hydrogens is 245 g/mol. The van der Waals surface area contributed by atoms with Crippen LogP contribution in [0.4, 0.5) is 18.9 Å². The van der Waals surface area contributed by atoms with Crippen LogP contribution in [-0.2, 0) is 17.8 Å². The monoisotopic (exact) mass is 258 g/mol. The number of aryl methyl sites for hydroxylation is 1. The average molecular weight is 258 g/mol. The van der Waals surface area contributed by atoms with Gasteiger partial charge in [0.15, 0.2) is 0 Å². The maximum Gasteiger partial charge on any atom is 0.451 e. The highest BCUT2D eigenvalue weighted by molar-refractivity contribution is 5.89. The average Bonchev–Trinajstić information content (AvgIpc) is 2.48. The van der Waals surface area contributed by atoms with Gasteiger partial charge >= 0.3 is 6.18 Å². The Morgan fingerprint density at radius 2 is 2.06 bits per heavy atom. The van der Waals surface area contributed by atoms with Gasteiger partial charge in [-0.25, -0.2) is 0 Å². The predicted octanol–water partition coefficient (Wildman–Crippen LogP) is 1.80. The maximum absolute atomic E-state index is 12.3. The molecule has 0 amide bonds. The van der Waals surface area contributed by atoms with Crippen molar-refractivity contribution in [2.75, 3.05) is 5.73 Å². The number of ketones is 1. The number of nitrogens with one attached hydrogen (secondary N) is 1. The van der Waals surface area contributed by atoms with Crippen molar-refractivity contribution < 1.29 is 18.0 Å². The molecule has 1 heterocycles. The molecule has 0 aliphatic carbocycles. The Morgan fingerprint density at radius 3 is 2.72 bits per heavy atom. The standard InChI is InChI=1S/C12H13F3N2O/c13-12(14,15)11(18)10-4-2-7-5-9(16)3-1-8(7)6-17-10/h1,3,5,10,17H,2,4,6,16H2. The summed E-state index contributed by atoms with van der Waals surface area (Å²) in [6, 6.07) is 4.06. The lowest BCUT2D eigenvalue weighted by Gasteiger charge is -2.15. The Labute approximate surface area is 102 Å². The highest BCUT2D eigenvalue weighted by Crippen LogP contribution is 2.24. The fourth-order valence-electron chi connectivity index (χ4n) is 2.11. The van der Waals surface area contributed by atoms with Gasteiger partial charge in [0, 0.05) is 12.2 Å². The number of alkyl halides is 3. The molecule has 6 heteroatoms. The van der Waals surface area contributed by atoms with Crippen molar-refractivity contribution in [2.24, 2.45) is 0 Å². The molecule has 0 saturated carbocycles. The lowest BCUT2D eigenvalue weighted by molar-refractivity contribution is -0.173. The van der Waals surface area contributed by atoms with E-state index in [4.69, 9.17) is 5.73 Å². The van der Waals surface area contributed by atoms with E-state index < -0.39 is 18.0 Å². The van der Waals surface area contributed by atoms with Crippen LogP contribution >= 0.6 is 0 Å². The van der Waals surface area contributed by atoms with E-state index in [0.717, 1.165) is 11.1 Å². The van der Waals surface area contributed by atoms with E-state index in [0.29, 0.717) is 12.1 Å². The summed E-state index contributed by atoms with van der Waals surface area (Å²) >= 11 is 0. The van der Waals surface area contributed by atoms with Crippen LogP contribution in [0.5, 0.6) is 0 Å². The number of nitrogen functional groups attached to an aromatic ring is 1. The molecule has 0 saturated heterocycles. The topological polar surface area (TPSA) is 55.1 Å². The molecule has 0 bridgehead atoms. The Balaban J connectivity index is 2.15. The van der Waals surface area contributed by atoms with E-state index in [1.54, 1.807) is 18.2 Å². The summed E-state index contributed by atoms with van der Waals surface area (Å²) in [5, 5.41) is 2.65. The Bertz CT molecular complexity index is 471. The van der Waals surface area contributed by atoms with Crippen molar-refractivity contribution >= 4 is 11.5 Å². The summed E-state index contributed by atoms with van der Waals surface area (Å²) in [4.78, 5) is 11.2. The third-order valence-corrected chi connectivity index (χ3v) is 3.07. The molecule has 98 valence electrons. The number of carbonyl (C=O) groups is 1. The Hall–Kier alpha value is -1.56. The third kappa shape index (κ3) is 2.64. The van der Waals surface area contributed by atoms with Crippen LogP contribution in [-0.4, -0.2) is 18.0 Å². The summed E-state index contributed by atoms with van der Waals surface area (Å²) in [6.07, 6.45) is -4.23. The molecule has 18 heavy (non-hydrogen) atoms. The second-order valence-electron chi connectivity index (χ2n) is 4.36. The van der Waals surface area contributed by atoms with Crippen molar-refractivity contribution in [1.29, 1.82) is 0 Å². The number of benzene rings is 1. The van der Waals surface area contributed by atoms with Crippen LogP contribution < -0.4 is 11.1 Å². The molecule has 1 aliphatic rings. The fourth-order valence-corrected chi connectivity index (χ4v) is 2.11. The minimum absolute atomic E-state index is 0.134. The number of hydrogen-bond donors (Lipinski definition) is 2. The van der Waals surface area contributed by atoms with Crippen LogP contribution in [0.15, 0.2) is 18.2 Å². The zero-order chi connectivity index (χ0) is 13.3. The van der Waals surface area contributed by atoms with Gasteiger partial charge in [0.25, 0.3) is 5.78 Å². The van der Waals surface area contributed by atoms with Gasteiger partial charge in [-0.3, -0.25) is 4.79 Å². The molecule has 0 aromatic heterocycles. The fraction of sp³-hybridized carbons (Fsp3) is 0.417. The molecule has 1 atom stereocenters. The zero-order valence-electron chi connectivity index (χ0n) is 9.55. The van der Waals surface area contributed by atoms with Crippen LogP contribution in [0.3, 0.4) is 0 Å². The van der Waals surface area contributed by atoms with Gasteiger partial charge in [-0.05, 0) is 36.1 Å². The molecule has 3 nitrogen and oxygen atoms in total. The Morgan fingerprint density at radius 1 is 1.33 bits per heavy atom. The lowest BCUT2D eigenvalue weighted by atomic mass is 10.0. The van der Waals surface area contributed by atoms with Crippen molar-refractivity contribution in [3.8, 4) is 0 Å². The first kappa shape index (κ1) is 12.9. The highest BCUT2D eigenvalue weighted by Gasteiger charge is 2.43. The van der Waals surface area contributed by atoms with Crippen LogP contribution in [0.1, 0.15) is 17.5 Å². The smallest absolute Gasteiger partial charge is 0.399 e. The van der Waals surface area contributed by atoms with Crippen LogP contribution in [0.25, 0.3) is 0 Å². The minimum Gasteiger partial charge on any atom is -0.399 e. The van der Waals surface area contributed by atoms with Gasteiger partial charge in [0.1, 0.15) is 0 Å². The summed E-state index contributed by atoms with van der Waals surface area (Å²) < 4.78 is 37.0. The summed E-state index contributed by atoms with van der Waals surface area (Å²) in [5.74, 6) is -1.71. The zero-order valence-corrected chi connectivity index (χ0v) is 9.55. The van der Waals surface area contributed by atoms with E-state index in [9.17, 15) is 18.0 Å². The van der Waals surface area contributed by atoms with Crippen LogP contribution in [0.2, 0.25) is 0 Å². The minimum atomic E-state index is -4.78. The molecule has 3 N–H and O–H groups in total. The molecule has 1 unspecified atom stereocenters. The predicted molar refractivity (Wildman–Crippen MR) is 60.9 cm³/mol. The number of anilines is 1. The van der Waals surface area contributed by atoms with Crippen molar-refractivity contribution in [2.45, 2.75) is 31.6 Å². The first-order chi connectivity index (χ1) is 8.38. The molecule has 0 spiro atoms. The first-order valence-corrected chi connectivity index (χ1v) is 5.59. The highest BCUT2D eigenvalue weighted by atomic mass is 19.4. The van der Waals surface area contributed by atoms with Gasteiger partial charge < -0.3 is 11.1 Å². The Kier molecular flexibility index (Phi) is 3.30. The number of carbonyl (C=O) groups excluding carboxylic acids is 1. The van der Waals surface area contributed by atoms with E-state index >= 15 is 0 Å². The summed E-state index contributed by atoms with van der Waals surface area (Å²) in [7, 11) is 0. The van der Waals surface area contributed by atoms with Crippen molar-refractivity contribution in [3.05, 3.63) is 29.3 Å². The van der Waals surface area contributed by atoms with Gasteiger partial charge in [0.05, 0.1) is 6.04 Å². The van der Waals surface area contributed by atoms with Crippen molar-refractivity contribution in [3.63, 3.8) is 0 Å². The summed E-state index contributed by atoms with van der Waals surface area (Å²) in [6.45, 7) is 0.252.